The predicted molar refractivity (Wildman–Crippen MR) is 111 cm³/mol. The van der Waals surface area contributed by atoms with Gasteiger partial charge in [-0.2, -0.15) is 0 Å². The molecule has 0 bridgehead atoms. The highest BCUT2D eigenvalue weighted by atomic mass is 32.1. The van der Waals surface area contributed by atoms with Gasteiger partial charge < -0.3 is 9.80 Å². The summed E-state index contributed by atoms with van der Waals surface area (Å²) in [7, 11) is 0. The lowest BCUT2D eigenvalue weighted by molar-refractivity contribution is 0.208. The van der Waals surface area contributed by atoms with Crippen LogP contribution in [0.5, 0.6) is 0 Å². The van der Waals surface area contributed by atoms with Crippen LogP contribution in [0.1, 0.15) is 19.9 Å². The summed E-state index contributed by atoms with van der Waals surface area (Å²) >= 11 is 1.40. The molecular formula is C19H22N6O2S. The van der Waals surface area contributed by atoms with E-state index in [-0.39, 0.29) is 17.6 Å². The van der Waals surface area contributed by atoms with Crippen molar-refractivity contribution in [1.29, 1.82) is 0 Å². The van der Waals surface area contributed by atoms with Gasteiger partial charge >= 0.3 is 6.03 Å². The molecule has 0 radical (unpaired) electrons. The van der Waals surface area contributed by atoms with Gasteiger partial charge in [-0.25, -0.2) is 14.8 Å². The summed E-state index contributed by atoms with van der Waals surface area (Å²) in [5, 5.41) is 5.89. The summed E-state index contributed by atoms with van der Waals surface area (Å²) in [5.41, 5.74) is 1.69. The first kappa shape index (κ1) is 18.4. The van der Waals surface area contributed by atoms with Gasteiger partial charge in [0.15, 0.2) is 5.13 Å². The van der Waals surface area contributed by atoms with Crippen molar-refractivity contribution in [1.82, 2.24) is 19.4 Å². The summed E-state index contributed by atoms with van der Waals surface area (Å²) in [6.45, 7) is 6.62. The van der Waals surface area contributed by atoms with Crippen molar-refractivity contribution in [2.75, 3.05) is 36.4 Å². The van der Waals surface area contributed by atoms with E-state index in [2.05, 4.69) is 20.2 Å². The number of rotatable bonds is 3. The number of nitrogens with one attached hydrogen (secondary N) is 1. The van der Waals surface area contributed by atoms with Crippen LogP contribution in [-0.2, 0) is 0 Å². The second-order valence-electron chi connectivity index (χ2n) is 6.99. The van der Waals surface area contributed by atoms with Crippen LogP contribution >= 0.6 is 11.3 Å². The number of urea groups is 1. The minimum Gasteiger partial charge on any atom is -0.368 e. The Hall–Kier alpha value is -2.94. The average molecular weight is 398 g/mol. The highest BCUT2D eigenvalue weighted by Gasteiger charge is 2.22. The molecule has 3 aromatic rings. The Balaban J connectivity index is 1.45. The van der Waals surface area contributed by atoms with Crippen molar-refractivity contribution in [2.45, 2.75) is 19.9 Å². The maximum absolute atomic E-state index is 12.6. The Labute approximate surface area is 166 Å². The number of anilines is 2. The van der Waals surface area contributed by atoms with E-state index < -0.39 is 0 Å². The molecular weight excluding hydrogens is 376 g/mol. The quantitative estimate of drug-likeness (QED) is 0.733. The standard InChI is InChI=1S/C19H22N6O2S/c1-13(2)25-12-21-16-11-14(3-4-15(16)17(25)26)23-6-8-24(9-7-23)19(27)22-18-20-5-10-28-18/h3-5,10-13H,6-9H2,1-2H3,(H,20,22,27). The molecule has 0 unspecified atom stereocenters. The third-order valence-electron chi connectivity index (χ3n) is 4.90. The van der Waals surface area contributed by atoms with Crippen molar-refractivity contribution in [3.05, 3.63) is 46.5 Å². The van der Waals surface area contributed by atoms with Crippen LogP contribution in [0.25, 0.3) is 10.9 Å². The molecule has 0 saturated carbocycles. The molecule has 8 nitrogen and oxygen atoms in total. The van der Waals surface area contributed by atoms with Crippen LogP contribution in [0.2, 0.25) is 0 Å². The Morgan fingerprint density at radius 3 is 2.64 bits per heavy atom. The van der Waals surface area contributed by atoms with Gasteiger partial charge in [0.2, 0.25) is 0 Å². The van der Waals surface area contributed by atoms with Crippen LogP contribution < -0.4 is 15.8 Å². The Morgan fingerprint density at radius 2 is 1.96 bits per heavy atom. The molecule has 146 valence electrons. The number of nitrogens with zero attached hydrogens (tertiary/aromatic N) is 5. The zero-order chi connectivity index (χ0) is 19.7. The highest BCUT2D eigenvalue weighted by Crippen LogP contribution is 2.21. The second kappa shape index (κ2) is 7.59. The van der Waals surface area contributed by atoms with Crippen LogP contribution in [0.3, 0.4) is 0 Å². The fraction of sp³-hybridized carbons (Fsp3) is 0.368. The topological polar surface area (TPSA) is 83.4 Å². The third kappa shape index (κ3) is 3.57. The van der Waals surface area contributed by atoms with E-state index in [0.717, 1.165) is 18.8 Å². The lowest BCUT2D eigenvalue weighted by atomic mass is 10.2. The molecule has 28 heavy (non-hydrogen) atoms. The molecule has 3 heterocycles. The van der Waals surface area contributed by atoms with Gasteiger partial charge in [-0.3, -0.25) is 14.7 Å². The molecule has 0 aliphatic carbocycles. The van der Waals surface area contributed by atoms with Gasteiger partial charge in [-0.1, -0.05) is 0 Å². The fourth-order valence-electron chi connectivity index (χ4n) is 3.31. The number of thiazole rings is 1. The minimum atomic E-state index is -0.121. The summed E-state index contributed by atoms with van der Waals surface area (Å²) in [6, 6.07) is 5.71. The summed E-state index contributed by atoms with van der Waals surface area (Å²) in [4.78, 5) is 37.4. The number of carbonyl (C=O) groups excluding carboxylic acids is 1. The largest absolute Gasteiger partial charge is 0.368 e. The van der Waals surface area contributed by atoms with Crippen molar-refractivity contribution in [3.63, 3.8) is 0 Å². The van der Waals surface area contributed by atoms with E-state index in [1.165, 1.54) is 11.3 Å². The number of hydrogen-bond donors (Lipinski definition) is 1. The maximum Gasteiger partial charge on any atom is 0.323 e. The molecule has 2 amide bonds. The second-order valence-corrected chi connectivity index (χ2v) is 7.89. The third-order valence-corrected chi connectivity index (χ3v) is 5.59. The van der Waals surface area contributed by atoms with E-state index in [1.807, 2.05) is 37.4 Å². The first-order chi connectivity index (χ1) is 13.5. The number of piperazine rings is 1. The Morgan fingerprint density at radius 1 is 1.18 bits per heavy atom. The molecule has 1 fully saturated rings. The first-order valence-corrected chi connectivity index (χ1v) is 10.1. The van der Waals surface area contributed by atoms with Crippen LogP contribution in [0.4, 0.5) is 15.6 Å². The Kier molecular flexibility index (Phi) is 4.99. The van der Waals surface area contributed by atoms with Crippen LogP contribution in [0, 0.1) is 0 Å². The zero-order valence-corrected chi connectivity index (χ0v) is 16.6. The maximum atomic E-state index is 12.6. The van der Waals surface area contributed by atoms with Crippen molar-refractivity contribution >= 4 is 39.1 Å². The van der Waals surface area contributed by atoms with Gasteiger partial charge in [0.1, 0.15) is 0 Å². The van der Waals surface area contributed by atoms with Gasteiger partial charge in [0.05, 0.1) is 17.2 Å². The normalized spacial score (nSPS) is 14.7. The molecule has 0 atom stereocenters. The molecule has 1 N–H and O–H groups in total. The molecule has 1 saturated heterocycles. The highest BCUT2D eigenvalue weighted by molar-refractivity contribution is 7.13. The van der Waals surface area contributed by atoms with Crippen LogP contribution in [-0.4, -0.2) is 51.6 Å². The summed E-state index contributed by atoms with van der Waals surface area (Å²) in [6.07, 6.45) is 3.28. The van der Waals surface area contributed by atoms with E-state index in [1.54, 1.807) is 22.0 Å². The number of amides is 2. The average Bonchev–Trinajstić information content (AvgIpc) is 3.21. The van der Waals surface area contributed by atoms with Gasteiger partial charge in [-0.15, -0.1) is 11.3 Å². The van der Waals surface area contributed by atoms with E-state index >= 15 is 0 Å². The molecule has 2 aromatic heterocycles. The SMILES string of the molecule is CC(C)n1cnc2cc(N3CCN(C(=O)Nc4nccs4)CC3)ccc2c1=O. The molecule has 4 rings (SSSR count). The summed E-state index contributed by atoms with van der Waals surface area (Å²) in [5.74, 6) is 0. The predicted octanol–water partition coefficient (Wildman–Crippen LogP) is 2.79. The van der Waals surface area contributed by atoms with Crippen molar-refractivity contribution in [2.24, 2.45) is 0 Å². The van der Waals surface area contributed by atoms with Gasteiger partial charge in [0, 0.05) is 49.5 Å². The lowest BCUT2D eigenvalue weighted by Crippen LogP contribution is -2.50. The Bertz CT molecular complexity index is 1040. The molecule has 9 heteroatoms. The first-order valence-electron chi connectivity index (χ1n) is 9.24. The molecule has 1 aromatic carbocycles. The number of carbonyl (C=O) groups is 1. The monoisotopic (exact) mass is 398 g/mol. The number of benzene rings is 1. The van der Waals surface area contributed by atoms with E-state index in [9.17, 15) is 9.59 Å². The van der Waals surface area contributed by atoms with Crippen molar-refractivity contribution in [3.8, 4) is 0 Å². The zero-order valence-electron chi connectivity index (χ0n) is 15.8. The number of fused-ring (bicyclic) bond motifs is 1. The molecule has 0 spiro atoms. The number of hydrogen-bond acceptors (Lipinski definition) is 6. The minimum absolute atomic E-state index is 0.0183. The lowest BCUT2D eigenvalue weighted by Gasteiger charge is -2.36. The summed E-state index contributed by atoms with van der Waals surface area (Å²) < 4.78 is 1.64. The van der Waals surface area contributed by atoms with E-state index in [4.69, 9.17) is 0 Å². The van der Waals surface area contributed by atoms with Gasteiger partial charge in [0.25, 0.3) is 5.56 Å². The van der Waals surface area contributed by atoms with E-state index in [0.29, 0.717) is 29.1 Å². The van der Waals surface area contributed by atoms with Gasteiger partial charge in [-0.05, 0) is 32.0 Å². The molecule has 1 aliphatic rings. The molecule has 1 aliphatic heterocycles. The fourth-order valence-corrected chi connectivity index (χ4v) is 3.83. The number of aromatic nitrogens is 3. The van der Waals surface area contributed by atoms with Crippen LogP contribution in [0.15, 0.2) is 40.9 Å². The smallest absolute Gasteiger partial charge is 0.323 e. The van der Waals surface area contributed by atoms with Crippen molar-refractivity contribution < 1.29 is 4.79 Å².